The number of anilines is 1. The maximum atomic E-state index is 12.4. The van der Waals surface area contributed by atoms with Gasteiger partial charge in [0, 0.05) is 25.2 Å². The molecule has 7 heteroatoms. The van der Waals surface area contributed by atoms with E-state index in [-0.39, 0.29) is 28.8 Å². The molecule has 0 radical (unpaired) electrons. The molecule has 1 amide bonds. The van der Waals surface area contributed by atoms with E-state index in [0.717, 1.165) is 17.7 Å². The molecule has 0 bridgehead atoms. The predicted octanol–water partition coefficient (Wildman–Crippen LogP) is 2.60. The van der Waals surface area contributed by atoms with Crippen molar-refractivity contribution in [3.05, 3.63) is 59.1 Å². The zero-order valence-electron chi connectivity index (χ0n) is 12.9. The predicted molar refractivity (Wildman–Crippen MR) is 93.8 cm³/mol. The summed E-state index contributed by atoms with van der Waals surface area (Å²) in [4.78, 5) is 14.1. The first-order valence-electron chi connectivity index (χ1n) is 7.61. The molecule has 0 saturated heterocycles. The van der Waals surface area contributed by atoms with Crippen LogP contribution in [0.4, 0.5) is 5.69 Å². The van der Waals surface area contributed by atoms with Gasteiger partial charge in [-0.1, -0.05) is 41.9 Å². The van der Waals surface area contributed by atoms with Gasteiger partial charge >= 0.3 is 0 Å². The van der Waals surface area contributed by atoms with E-state index in [1.54, 1.807) is 17.0 Å². The lowest BCUT2D eigenvalue weighted by Crippen LogP contribution is -2.33. The topological polar surface area (TPSA) is 66.5 Å². The second-order valence-corrected chi connectivity index (χ2v) is 7.64. The van der Waals surface area contributed by atoms with Crippen molar-refractivity contribution in [3.8, 4) is 0 Å². The van der Waals surface area contributed by atoms with Crippen LogP contribution >= 0.6 is 11.6 Å². The van der Waals surface area contributed by atoms with E-state index in [4.69, 9.17) is 11.6 Å². The fourth-order valence-electron chi connectivity index (χ4n) is 2.77. The van der Waals surface area contributed by atoms with E-state index in [9.17, 15) is 13.2 Å². The molecule has 0 spiro atoms. The van der Waals surface area contributed by atoms with Crippen molar-refractivity contribution < 1.29 is 13.2 Å². The number of amides is 1. The Morgan fingerprint density at radius 1 is 1.12 bits per heavy atom. The largest absolute Gasteiger partial charge is 0.312 e. The molecule has 0 fully saturated rings. The van der Waals surface area contributed by atoms with E-state index in [0.29, 0.717) is 6.54 Å². The minimum Gasteiger partial charge on any atom is -0.312 e. The lowest BCUT2D eigenvalue weighted by atomic mass is 10.2. The Bertz CT molecular complexity index is 868. The van der Waals surface area contributed by atoms with Gasteiger partial charge in [-0.25, -0.2) is 13.1 Å². The molecular formula is C17H17ClN2O3S. The average Bonchev–Trinajstić information content (AvgIpc) is 2.99. The molecule has 0 saturated carbocycles. The fourth-order valence-corrected chi connectivity index (χ4v) is 4.31. The molecule has 2 aromatic carbocycles. The van der Waals surface area contributed by atoms with Gasteiger partial charge in [-0.15, -0.1) is 0 Å². The first-order chi connectivity index (χ1) is 11.5. The smallest absolute Gasteiger partial charge is 0.242 e. The summed E-state index contributed by atoms with van der Waals surface area (Å²) in [5.41, 5.74) is 2.05. The second kappa shape index (κ2) is 6.93. The summed E-state index contributed by atoms with van der Waals surface area (Å²) in [5, 5.41) is 0.157. The number of hydrogen-bond acceptors (Lipinski definition) is 3. The first-order valence-corrected chi connectivity index (χ1v) is 9.47. The van der Waals surface area contributed by atoms with E-state index >= 15 is 0 Å². The summed E-state index contributed by atoms with van der Waals surface area (Å²) in [6.07, 6.45) is 0.922. The lowest BCUT2D eigenvalue weighted by Gasteiger charge is -2.17. The number of nitrogens with one attached hydrogen (secondary N) is 1. The molecule has 2 aromatic rings. The number of nitrogens with zero attached hydrogens (tertiary/aromatic N) is 1. The minimum absolute atomic E-state index is 0.0191. The highest BCUT2D eigenvalue weighted by atomic mass is 35.5. The van der Waals surface area contributed by atoms with Crippen LogP contribution in [-0.4, -0.2) is 27.4 Å². The van der Waals surface area contributed by atoms with Crippen molar-refractivity contribution in [3.63, 3.8) is 0 Å². The van der Waals surface area contributed by atoms with Gasteiger partial charge in [0.05, 0.1) is 5.02 Å². The van der Waals surface area contributed by atoms with Crippen LogP contribution in [0, 0.1) is 0 Å². The van der Waals surface area contributed by atoms with Crippen LogP contribution in [-0.2, 0) is 21.2 Å². The number of sulfonamides is 1. The highest BCUT2D eigenvalue weighted by molar-refractivity contribution is 7.89. The molecular weight excluding hydrogens is 348 g/mol. The summed E-state index contributed by atoms with van der Waals surface area (Å²) in [5.74, 6) is -0.0955. The molecule has 1 N–H and O–H groups in total. The van der Waals surface area contributed by atoms with Crippen LogP contribution in [0.2, 0.25) is 5.02 Å². The molecule has 0 unspecified atom stereocenters. The fraction of sp³-hybridized carbons (Fsp3) is 0.235. The molecule has 3 rings (SSSR count). The second-order valence-electron chi connectivity index (χ2n) is 5.50. The SMILES string of the molecule is O=C(CCNS(=O)(=O)c1ccccc1Cl)N1CCc2ccccc21. The minimum atomic E-state index is -3.72. The van der Waals surface area contributed by atoms with Crippen molar-refractivity contribution in [1.82, 2.24) is 4.72 Å². The van der Waals surface area contributed by atoms with Crippen LogP contribution in [0.1, 0.15) is 12.0 Å². The van der Waals surface area contributed by atoms with Crippen LogP contribution in [0.5, 0.6) is 0 Å². The van der Waals surface area contributed by atoms with E-state index < -0.39 is 10.0 Å². The molecule has 1 aliphatic rings. The number of carbonyl (C=O) groups is 1. The molecule has 0 aromatic heterocycles. The number of hydrogen-bond donors (Lipinski definition) is 1. The highest BCUT2D eigenvalue weighted by Crippen LogP contribution is 2.27. The van der Waals surface area contributed by atoms with E-state index in [1.807, 2.05) is 24.3 Å². The summed E-state index contributed by atoms with van der Waals surface area (Å²) >= 11 is 5.92. The Morgan fingerprint density at radius 3 is 2.62 bits per heavy atom. The molecule has 24 heavy (non-hydrogen) atoms. The Hall–Kier alpha value is -1.89. The monoisotopic (exact) mass is 364 g/mol. The molecule has 1 aliphatic heterocycles. The molecule has 0 atom stereocenters. The Kier molecular flexibility index (Phi) is 4.89. The van der Waals surface area contributed by atoms with Crippen molar-refractivity contribution in [2.45, 2.75) is 17.7 Å². The van der Waals surface area contributed by atoms with Crippen molar-refractivity contribution >= 4 is 33.2 Å². The van der Waals surface area contributed by atoms with Crippen molar-refractivity contribution in [1.29, 1.82) is 0 Å². The van der Waals surface area contributed by atoms with Gasteiger partial charge in [0.2, 0.25) is 15.9 Å². The number of para-hydroxylation sites is 1. The van der Waals surface area contributed by atoms with Gasteiger partial charge in [-0.3, -0.25) is 4.79 Å². The van der Waals surface area contributed by atoms with E-state index in [1.165, 1.54) is 12.1 Å². The van der Waals surface area contributed by atoms with Crippen LogP contribution in [0.3, 0.4) is 0 Å². The van der Waals surface area contributed by atoms with Crippen LogP contribution in [0.15, 0.2) is 53.4 Å². The summed E-state index contributed by atoms with van der Waals surface area (Å²) in [6, 6.07) is 14.0. The van der Waals surface area contributed by atoms with Gasteiger partial charge in [0.1, 0.15) is 4.90 Å². The number of halogens is 1. The summed E-state index contributed by atoms with van der Waals surface area (Å²) < 4.78 is 26.9. The first kappa shape index (κ1) is 17.0. The number of carbonyl (C=O) groups excluding carboxylic acids is 1. The Morgan fingerprint density at radius 2 is 1.83 bits per heavy atom. The zero-order chi connectivity index (χ0) is 17.2. The number of benzene rings is 2. The standard InChI is InChI=1S/C17H17ClN2O3S/c18-14-6-2-4-8-16(14)24(22,23)19-11-9-17(21)20-12-10-13-5-1-3-7-15(13)20/h1-8,19H,9-12H2. The molecule has 5 nitrogen and oxygen atoms in total. The summed E-state index contributed by atoms with van der Waals surface area (Å²) in [7, 11) is -3.72. The summed E-state index contributed by atoms with van der Waals surface area (Å²) in [6.45, 7) is 0.667. The molecule has 0 aliphatic carbocycles. The van der Waals surface area contributed by atoms with Gasteiger partial charge in [-0.2, -0.15) is 0 Å². The average molecular weight is 365 g/mol. The van der Waals surface area contributed by atoms with Gasteiger partial charge in [0.15, 0.2) is 0 Å². The van der Waals surface area contributed by atoms with Crippen molar-refractivity contribution in [2.24, 2.45) is 0 Å². The maximum Gasteiger partial charge on any atom is 0.242 e. The quantitative estimate of drug-likeness (QED) is 0.886. The normalized spacial score (nSPS) is 13.8. The van der Waals surface area contributed by atoms with Crippen LogP contribution in [0.25, 0.3) is 0 Å². The highest BCUT2D eigenvalue weighted by Gasteiger charge is 2.24. The molecule has 1 heterocycles. The van der Waals surface area contributed by atoms with Crippen LogP contribution < -0.4 is 9.62 Å². The molecule has 126 valence electrons. The Balaban J connectivity index is 1.61. The third kappa shape index (κ3) is 3.45. The third-order valence-electron chi connectivity index (χ3n) is 3.95. The Labute approximate surface area is 146 Å². The van der Waals surface area contributed by atoms with Gasteiger partial charge in [0.25, 0.3) is 0 Å². The number of fused-ring (bicyclic) bond motifs is 1. The number of rotatable bonds is 5. The van der Waals surface area contributed by atoms with E-state index in [2.05, 4.69) is 4.72 Å². The lowest BCUT2D eigenvalue weighted by molar-refractivity contribution is -0.118. The van der Waals surface area contributed by atoms with Gasteiger partial charge in [-0.05, 0) is 30.2 Å². The third-order valence-corrected chi connectivity index (χ3v) is 5.91. The van der Waals surface area contributed by atoms with Gasteiger partial charge < -0.3 is 4.90 Å². The zero-order valence-corrected chi connectivity index (χ0v) is 14.5. The van der Waals surface area contributed by atoms with Crippen molar-refractivity contribution in [2.75, 3.05) is 18.0 Å². The maximum absolute atomic E-state index is 12.4.